The number of rotatable bonds is 12. The number of aliphatic hydroxyl groups is 1. The number of carbonyl (C=O) groups excluding carboxylic acids is 1. The molecule has 0 aromatic carbocycles. The molecular formula is C20H36O3. The first-order valence-electron chi connectivity index (χ1n) is 9.67. The Morgan fingerprint density at radius 3 is 2.13 bits per heavy atom. The minimum Gasteiger partial charge on any atom is -0.459 e. The predicted molar refractivity (Wildman–Crippen MR) is 95.3 cm³/mol. The molecule has 0 aliphatic heterocycles. The van der Waals surface area contributed by atoms with Crippen LogP contribution in [-0.2, 0) is 9.53 Å². The number of ether oxygens (including phenoxy) is 1. The van der Waals surface area contributed by atoms with E-state index in [1.807, 2.05) is 0 Å². The Hall–Kier alpha value is -0.830. The molecule has 0 bridgehead atoms. The standard InChI is InChI=1S/C20H36O3/c1-3-4-5-6-7-8-9-10-11-18-12-14-19(15-13-18)23-20(22)17(2)16-21/h18-19,21H,2-16H2,1H3. The third-order valence-corrected chi connectivity index (χ3v) is 5.01. The van der Waals surface area contributed by atoms with Crippen LogP contribution in [0.4, 0.5) is 0 Å². The van der Waals surface area contributed by atoms with Gasteiger partial charge in [-0.2, -0.15) is 0 Å². The molecule has 134 valence electrons. The quantitative estimate of drug-likeness (QED) is 0.306. The molecule has 3 heteroatoms. The molecule has 1 rings (SSSR count). The normalized spacial score (nSPS) is 21.1. The number of hydrogen-bond donors (Lipinski definition) is 1. The maximum atomic E-state index is 11.6. The Labute approximate surface area is 142 Å². The molecule has 3 nitrogen and oxygen atoms in total. The van der Waals surface area contributed by atoms with Crippen molar-refractivity contribution < 1.29 is 14.6 Å². The van der Waals surface area contributed by atoms with E-state index in [0.29, 0.717) is 0 Å². The van der Waals surface area contributed by atoms with E-state index in [-0.39, 0.29) is 18.3 Å². The summed E-state index contributed by atoms with van der Waals surface area (Å²) < 4.78 is 5.38. The van der Waals surface area contributed by atoms with Gasteiger partial charge in [0.2, 0.25) is 0 Å². The Balaban J connectivity index is 1.99. The Bertz CT molecular complexity index is 330. The van der Waals surface area contributed by atoms with Crippen molar-refractivity contribution >= 4 is 5.97 Å². The molecule has 0 amide bonds. The summed E-state index contributed by atoms with van der Waals surface area (Å²) in [6.45, 7) is 5.46. The summed E-state index contributed by atoms with van der Waals surface area (Å²) in [6, 6.07) is 0. The number of unbranched alkanes of at least 4 members (excludes halogenated alkanes) is 7. The van der Waals surface area contributed by atoms with Crippen LogP contribution in [0.5, 0.6) is 0 Å². The van der Waals surface area contributed by atoms with Gasteiger partial charge in [0.25, 0.3) is 0 Å². The lowest BCUT2D eigenvalue weighted by Crippen LogP contribution is -2.25. The smallest absolute Gasteiger partial charge is 0.336 e. The van der Waals surface area contributed by atoms with Crippen LogP contribution in [0.3, 0.4) is 0 Å². The summed E-state index contributed by atoms with van der Waals surface area (Å²) in [7, 11) is 0. The highest BCUT2D eigenvalue weighted by Crippen LogP contribution is 2.30. The van der Waals surface area contributed by atoms with Crippen molar-refractivity contribution in [2.24, 2.45) is 5.92 Å². The van der Waals surface area contributed by atoms with Crippen LogP contribution in [-0.4, -0.2) is 23.8 Å². The SMILES string of the molecule is C=C(CO)C(=O)OC1CCC(CCCCCCCCCC)CC1. The molecule has 0 heterocycles. The number of hydrogen-bond acceptors (Lipinski definition) is 3. The second-order valence-electron chi connectivity index (χ2n) is 7.07. The van der Waals surface area contributed by atoms with Crippen molar-refractivity contribution in [3.63, 3.8) is 0 Å². The predicted octanol–water partition coefficient (Wildman–Crippen LogP) is 5.17. The molecule has 0 spiro atoms. The fourth-order valence-electron chi connectivity index (χ4n) is 3.40. The molecule has 0 atom stereocenters. The van der Waals surface area contributed by atoms with Gasteiger partial charge in [-0.05, 0) is 31.6 Å². The van der Waals surface area contributed by atoms with E-state index in [4.69, 9.17) is 9.84 Å². The van der Waals surface area contributed by atoms with Crippen LogP contribution in [0.1, 0.15) is 90.4 Å². The fourth-order valence-corrected chi connectivity index (χ4v) is 3.40. The first kappa shape index (κ1) is 20.2. The Kier molecular flexibility index (Phi) is 11.1. The van der Waals surface area contributed by atoms with Gasteiger partial charge >= 0.3 is 5.97 Å². The van der Waals surface area contributed by atoms with E-state index < -0.39 is 5.97 Å². The summed E-state index contributed by atoms with van der Waals surface area (Å²) in [5.74, 6) is 0.380. The molecule has 1 fully saturated rings. The lowest BCUT2D eigenvalue weighted by atomic mass is 9.84. The van der Waals surface area contributed by atoms with Crippen LogP contribution in [0.25, 0.3) is 0 Å². The zero-order chi connectivity index (χ0) is 16.9. The average molecular weight is 325 g/mol. The monoisotopic (exact) mass is 324 g/mol. The first-order valence-corrected chi connectivity index (χ1v) is 9.67. The second-order valence-corrected chi connectivity index (χ2v) is 7.07. The summed E-state index contributed by atoms with van der Waals surface area (Å²) in [5, 5.41) is 8.88. The Morgan fingerprint density at radius 2 is 1.57 bits per heavy atom. The molecule has 1 aliphatic carbocycles. The summed E-state index contributed by atoms with van der Waals surface area (Å²) >= 11 is 0. The zero-order valence-electron chi connectivity index (χ0n) is 15.0. The van der Waals surface area contributed by atoms with Crippen LogP contribution in [0, 0.1) is 5.92 Å². The maximum Gasteiger partial charge on any atom is 0.336 e. The molecule has 23 heavy (non-hydrogen) atoms. The third-order valence-electron chi connectivity index (χ3n) is 5.01. The topological polar surface area (TPSA) is 46.5 Å². The molecule has 0 unspecified atom stereocenters. The molecule has 1 N–H and O–H groups in total. The number of esters is 1. The Morgan fingerprint density at radius 1 is 1.00 bits per heavy atom. The van der Waals surface area contributed by atoms with E-state index in [1.165, 1.54) is 70.6 Å². The van der Waals surface area contributed by atoms with Gasteiger partial charge in [-0.3, -0.25) is 0 Å². The summed E-state index contributed by atoms with van der Waals surface area (Å²) in [5.41, 5.74) is 0.158. The van der Waals surface area contributed by atoms with Gasteiger partial charge in [0, 0.05) is 0 Å². The van der Waals surface area contributed by atoms with Gasteiger partial charge in [-0.15, -0.1) is 0 Å². The van der Waals surface area contributed by atoms with Gasteiger partial charge < -0.3 is 9.84 Å². The zero-order valence-corrected chi connectivity index (χ0v) is 15.0. The minimum atomic E-state index is -0.431. The molecule has 0 aromatic heterocycles. The molecule has 1 saturated carbocycles. The highest BCUT2D eigenvalue weighted by Gasteiger charge is 2.24. The van der Waals surface area contributed by atoms with E-state index in [0.717, 1.165) is 18.8 Å². The number of aliphatic hydroxyl groups excluding tert-OH is 1. The van der Waals surface area contributed by atoms with Crippen LogP contribution in [0.15, 0.2) is 12.2 Å². The average Bonchev–Trinajstić information content (AvgIpc) is 2.57. The fraction of sp³-hybridized carbons (Fsp3) is 0.850. The van der Waals surface area contributed by atoms with Crippen molar-refractivity contribution in [3.8, 4) is 0 Å². The van der Waals surface area contributed by atoms with Crippen LogP contribution >= 0.6 is 0 Å². The molecule has 0 aromatic rings. The second kappa shape index (κ2) is 12.6. The van der Waals surface area contributed by atoms with Crippen molar-refractivity contribution in [3.05, 3.63) is 12.2 Å². The minimum absolute atomic E-state index is 0.0283. The lowest BCUT2D eigenvalue weighted by Gasteiger charge is -2.28. The highest BCUT2D eigenvalue weighted by atomic mass is 16.5. The van der Waals surface area contributed by atoms with Crippen molar-refractivity contribution in [1.82, 2.24) is 0 Å². The molecular weight excluding hydrogens is 288 g/mol. The molecule has 1 aliphatic rings. The van der Waals surface area contributed by atoms with Gasteiger partial charge in [0.1, 0.15) is 6.10 Å². The van der Waals surface area contributed by atoms with Crippen molar-refractivity contribution in [2.75, 3.05) is 6.61 Å². The van der Waals surface area contributed by atoms with Crippen molar-refractivity contribution in [2.45, 2.75) is 96.5 Å². The molecule has 0 radical (unpaired) electrons. The number of carbonyl (C=O) groups is 1. The van der Waals surface area contributed by atoms with Crippen molar-refractivity contribution in [1.29, 1.82) is 0 Å². The van der Waals surface area contributed by atoms with Crippen LogP contribution < -0.4 is 0 Å². The van der Waals surface area contributed by atoms with E-state index in [1.54, 1.807) is 0 Å². The summed E-state index contributed by atoms with van der Waals surface area (Å²) in [6.07, 6.45) is 16.7. The van der Waals surface area contributed by atoms with Gasteiger partial charge in [0.15, 0.2) is 0 Å². The highest BCUT2D eigenvalue weighted by molar-refractivity contribution is 5.88. The molecule has 0 saturated heterocycles. The van der Waals surface area contributed by atoms with E-state index in [2.05, 4.69) is 13.5 Å². The van der Waals surface area contributed by atoms with Gasteiger partial charge in [0.05, 0.1) is 12.2 Å². The van der Waals surface area contributed by atoms with E-state index in [9.17, 15) is 4.79 Å². The van der Waals surface area contributed by atoms with Gasteiger partial charge in [-0.25, -0.2) is 4.79 Å². The first-order chi connectivity index (χ1) is 11.2. The van der Waals surface area contributed by atoms with E-state index >= 15 is 0 Å². The van der Waals surface area contributed by atoms with Crippen LogP contribution in [0.2, 0.25) is 0 Å². The largest absolute Gasteiger partial charge is 0.459 e. The summed E-state index contributed by atoms with van der Waals surface area (Å²) in [4.78, 5) is 11.6. The lowest BCUT2D eigenvalue weighted by molar-refractivity contribution is -0.146. The van der Waals surface area contributed by atoms with Gasteiger partial charge in [-0.1, -0.05) is 71.3 Å². The maximum absolute atomic E-state index is 11.6. The third kappa shape index (κ3) is 9.14.